The molecule has 4 heteroatoms. The number of rotatable bonds is 3. The number of nitrogens with zero attached hydrogens (tertiary/aromatic N) is 2. The van der Waals surface area contributed by atoms with Crippen LogP contribution in [0.25, 0.3) is 0 Å². The Bertz CT molecular complexity index is 268. The van der Waals surface area contributed by atoms with Gasteiger partial charge in [-0.3, -0.25) is 0 Å². The molecule has 1 aromatic heterocycles. The van der Waals surface area contributed by atoms with Gasteiger partial charge in [-0.25, -0.2) is 0 Å². The second-order valence-corrected chi connectivity index (χ2v) is 5.28. The van der Waals surface area contributed by atoms with Crippen LogP contribution < -0.4 is 0 Å². The summed E-state index contributed by atoms with van der Waals surface area (Å²) in [6.45, 7) is 0. The predicted molar refractivity (Wildman–Crippen MR) is 55.2 cm³/mol. The van der Waals surface area contributed by atoms with E-state index in [1.54, 1.807) is 0 Å². The van der Waals surface area contributed by atoms with Gasteiger partial charge in [0, 0.05) is 6.42 Å². The zero-order valence-corrected chi connectivity index (χ0v) is 9.07. The molecule has 72 valence electrons. The highest BCUT2D eigenvalue weighted by molar-refractivity contribution is 7.15. The highest BCUT2D eigenvalue weighted by atomic mass is 35.5. The number of hydrogen-bond acceptors (Lipinski definition) is 3. The average Bonchev–Trinajstić information content (AvgIpc) is 2.71. The van der Waals surface area contributed by atoms with Crippen molar-refractivity contribution >= 4 is 22.9 Å². The molecule has 0 saturated heterocycles. The van der Waals surface area contributed by atoms with Crippen molar-refractivity contribution in [3.8, 4) is 0 Å². The highest BCUT2D eigenvalue weighted by Crippen LogP contribution is 2.29. The van der Waals surface area contributed by atoms with Crippen LogP contribution in [0, 0.1) is 5.92 Å². The number of aromatic nitrogens is 2. The van der Waals surface area contributed by atoms with Gasteiger partial charge in [0.15, 0.2) is 0 Å². The third-order valence-corrected chi connectivity index (χ3v) is 3.76. The van der Waals surface area contributed by atoms with Crippen molar-refractivity contribution in [3.05, 3.63) is 9.47 Å². The largest absolute Gasteiger partial charge is 0.207 e. The third-order valence-electron chi connectivity index (χ3n) is 2.68. The van der Waals surface area contributed by atoms with E-state index in [2.05, 4.69) is 10.2 Å². The first kappa shape index (κ1) is 9.41. The van der Waals surface area contributed by atoms with Crippen LogP contribution in [0.5, 0.6) is 0 Å². The first-order valence-corrected chi connectivity index (χ1v) is 6.02. The van der Waals surface area contributed by atoms with E-state index in [0.717, 1.165) is 17.3 Å². The van der Waals surface area contributed by atoms with E-state index in [4.69, 9.17) is 11.6 Å². The molecule has 2 rings (SSSR count). The summed E-state index contributed by atoms with van der Waals surface area (Å²) in [5.41, 5.74) is 0. The molecule has 0 amide bonds. The minimum absolute atomic E-state index is 0.571. The summed E-state index contributed by atoms with van der Waals surface area (Å²) >= 11 is 7.22. The number of hydrogen-bond donors (Lipinski definition) is 0. The van der Waals surface area contributed by atoms with Crippen molar-refractivity contribution < 1.29 is 0 Å². The van der Waals surface area contributed by atoms with Crippen molar-refractivity contribution in [2.24, 2.45) is 5.92 Å². The zero-order valence-electron chi connectivity index (χ0n) is 7.50. The van der Waals surface area contributed by atoms with E-state index in [-0.39, 0.29) is 0 Å². The lowest BCUT2D eigenvalue weighted by Gasteiger charge is -2.05. The van der Waals surface area contributed by atoms with Gasteiger partial charge in [0.2, 0.25) is 4.47 Å². The first-order chi connectivity index (χ1) is 6.34. The molecule has 0 atom stereocenters. The molecule has 0 radical (unpaired) electrons. The molecule has 1 aromatic rings. The van der Waals surface area contributed by atoms with Crippen molar-refractivity contribution in [2.75, 3.05) is 0 Å². The number of halogens is 1. The fraction of sp³-hybridized carbons (Fsp3) is 0.778. The van der Waals surface area contributed by atoms with Crippen LogP contribution in [0.15, 0.2) is 0 Å². The van der Waals surface area contributed by atoms with Gasteiger partial charge >= 0.3 is 0 Å². The summed E-state index contributed by atoms with van der Waals surface area (Å²) in [5.74, 6) is 0.933. The van der Waals surface area contributed by atoms with Crippen LogP contribution in [0.3, 0.4) is 0 Å². The molecule has 0 aliphatic heterocycles. The summed E-state index contributed by atoms with van der Waals surface area (Å²) < 4.78 is 0.571. The normalized spacial score (nSPS) is 18.2. The van der Waals surface area contributed by atoms with Gasteiger partial charge < -0.3 is 0 Å². The summed E-state index contributed by atoms with van der Waals surface area (Å²) in [7, 11) is 0. The van der Waals surface area contributed by atoms with Gasteiger partial charge in [0.25, 0.3) is 0 Å². The van der Waals surface area contributed by atoms with Gasteiger partial charge in [0.05, 0.1) is 0 Å². The maximum absolute atomic E-state index is 5.70. The van der Waals surface area contributed by atoms with Crippen LogP contribution in [-0.2, 0) is 6.42 Å². The molecular weight excluding hydrogens is 204 g/mol. The maximum atomic E-state index is 5.70. The smallest absolute Gasteiger partial charge is 0.142 e. The lowest BCUT2D eigenvalue weighted by Crippen LogP contribution is -1.95. The topological polar surface area (TPSA) is 25.8 Å². The Hall–Kier alpha value is -0.150. The Kier molecular flexibility index (Phi) is 3.17. The Morgan fingerprint density at radius 3 is 2.69 bits per heavy atom. The van der Waals surface area contributed by atoms with Crippen LogP contribution in [0.2, 0.25) is 4.47 Å². The number of aryl methyl sites for hydroxylation is 1. The van der Waals surface area contributed by atoms with E-state index in [1.807, 2.05) is 0 Å². The minimum atomic E-state index is 0.571. The standard InChI is InChI=1S/C9H13ClN2S/c10-9-12-11-8(13-9)6-5-7-3-1-2-4-7/h7H,1-6H2. The molecule has 2 nitrogen and oxygen atoms in total. The maximum Gasteiger partial charge on any atom is 0.207 e. The minimum Gasteiger partial charge on any atom is -0.142 e. The summed E-state index contributed by atoms with van der Waals surface area (Å²) in [6, 6.07) is 0. The fourth-order valence-corrected chi connectivity index (χ4v) is 2.84. The van der Waals surface area contributed by atoms with Gasteiger partial charge in [-0.1, -0.05) is 37.0 Å². The third kappa shape index (κ3) is 2.64. The van der Waals surface area contributed by atoms with Gasteiger partial charge in [-0.15, -0.1) is 10.2 Å². The monoisotopic (exact) mass is 216 g/mol. The van der Waals surface area contributed by atoms with Crippen molar-refractivity contribution in [3.63, 3.8) is 0 Å². The Labute approximate surface area is 87.3 Å². The van der Waals surface area contributed by atoms with Crippen molar-refractivity contribution in [2.45, 2.75) is 38.5 Å². The second kappa shape index (κ2) is 4.38. The zero-order chi connectivity index (χ0) is 9.10. The molecule has 1 heterocycles. The van der Waals surface area contributed by atoms with E-state index < -0.39 is 0 Å². The lowest BCUT2D eigenvalue weighted by atomic mass is 10.0. The van der Waals surface area contributed by atoms with Gasteiger partial charge in [0.1, 0.15) is 5.01 Å². The fourth-order valence-electron chi connectivity index (χ4n) is 1.96. The molecule has 0 aromatic carbocycles. The summed E-state index contributed by atoms with van der Waals surface area (Å²) in [6.07, 6.45) is 7.99. The van der Waals surface area contributed by atoms with Crippen LogP contribution in [-0.4, -0.2) is 10.2 Å². The van der Waals surface area contributed by atoms with E-state index in [1.165, 1.54) is 43.4 Å². The molecule has 13 heavy (non-hydrogen) atoms. The Morgan fingerprint density at radius 1 is 1.31 bits per heavy atom. The molecule has 1 saturated carbocycles. The quantitative estimate of drug-likeness (QED) is 0.775. The van der Waals surface area contributed by atoms with Crippen LogP contribution >= 0.6 is 22.9 Å². The molecule has 0 unspecified atom stereocenters. The first-order valence-electron chi connectivity index (χ1n) is 4.82. The predicted octanol–water partition coefficient (Wildman–Crippen LogP) is 3.31. The van der Waals surface area contributed by atoms with Gasteiger partial charge in [-0.2, -0.15) is 0 Å². The van der Waals surface area contributed by atoms with E-state index in [9.17, 15) is 0 Å². The van der Waals surface area contributed by atoms with Gasteiger partial charge in [-0.05, 0) is 23.9 Å². The molecule has 1 fully saturated rings. The van der Waals surface area contributed by atoms with Crippen LogP contribution in [0.1, 0.15) is 37.1 Å². The molecule has 0 N–H and O–H groups in total. The SMILES string of the molecule is Clc1nnc(CCC2CCCC2)s1. The molecule has 0 bridgehead atoms. The van der Waals surface area contributed by atoms with Crippen LogP contribution in [0.4, 0.5) is 0 Å². The molecule has 0 spiro atoms. The second-order valence-electron chi connectivity index (χ2n) is 3.64. The Morgan fingerprint density at radius 2 is 2.08 bits per heavy atom. The molecule has 1 aliphatic rings. The molecule has 1 aliphatic carbocycles. The lowest BCUT2D eigenvalue weighted by molar-refractivity contribution is 0.502. The molecular formula is C9H13ClN2S. The summed E-state index contributed by atoms with van der Waals surface area (Å²) in [4.78, 5) is 0. The average molecular weight is 217 g/mol. The van der Waals surface area contributed by atoms with Crippen molar-refractivity contribution in [1.29, 1.82) is 0 Å². The van der Waals surface area contributed by atoms with E-state index in [0.29, 0.717) is 4.47 Å². The summed E-state index contributed by atoms with van der Waals surface area (Å²) in [5, 5.41) is 8.90. The Balaban J connectivity index is 1.78. The van der Waals surface area contributed by atoms with Crippen molar-refractivity contribution in [1.82, 2.24) is 10.2 Å². The highest BCUT2D eigenvalue weighted by Gasteiger charge is 2.15. The van der Waals surface area contributed by atoms with E-state index >= 15 is 0 Å².